The molecule has 5 heteroatoms. The molecule has 0 fully saturated rings. The smallest absolute Gasteiger partial charge is 0.305 e. The molecule has 0 aromatic rings. The highest BCUT2D eigenvalue weighted by atomic mass is 16.5. The summed E-state index contributed by atoms with van der Waals surface area (Å²) in [5.74, 6) is -1.18. The molecule has 0 saturated heterocycles. The van der Waals surface area contributed by atoms with Crippen molar-refractivity contribution in [1.82, 2.24) is 5.32 Å². The largest absolute Gasteiger partial charge is 0.481 e. The lowest BCUT2D eigenvalue weighted by molar-refractivity contribution is -0.139. The Morgan fingerprint density at radius 2 is 1.87 bits per heavy atom. The Morgan fingerprint density at radius 3 is 2.20 bits per heavy atom. The van der Waals surface area contributed by atoms with Gasteiger partial charge in [-0.15, -0.1) is 0 Å². The summed E-state index contributed by atoms with van der Waals surface area (Å²) in [7, 11) is 1.43. The van der Waals surface area contributed by atoms with Crippen LogP contribution < -0.4 is 5.32 Å². The Morgan fingerprint density at radius 1 is 1.33 bits per heavy atom. The second-order valence-corrected chi connectivity index (χ2v) is 3.54. The third-order valence-electron chi connectivity index (χ3n) is 2.52. The Labute approximate surface area is 89.8 Å². The molecule has 0 radical (unpaired) electrons. The number of aliphatic carboxylic acids is 1. The van der Waals surface area contributed by atoms with E-state index >= 15 is 0 Å². The van der Waals surface area contributed by atoms with Crippen LogP contribution in [0.15, 0.2) is 0 Å². The zero-order chi connectivity index (χ0) is 11.9. The predicted molar refractivity (Wildman–Crippen MR) is 55.6 cm³/mol. The Balaban J connectivity index is 4.48. The number of ether oxygens (including phenoxy) is 1. The van der Waals surface area contributed by atoms with Gasteiger partial charge >= 0.3 is 5.97 Å². The first-order valence-corrected chi connectivity index (χ1v) is 5.01. The number of carboxylic acid groups (broad SMARTS) is 1. The highest BCUT2D eigenvalue weighted by Crippen LogP contribution is 2.19. The van der Waals surface area contributed by atoms with Crippen molar-refractivity contribution >= 4 is 11.9 Å². The van der Waals surface area contributed by atoms with Crippen LogP contribution in [-0.4, -0.2) is 36.2 Å². The monoisotopic (exact) mass is 217 g/mol. The van der Waals surface area contributed by atoms with E-state index in [9.17, 15) is 9.59 Å². The number of nitrogens with one attached hydrogen (secondary N) is 1. The van der Waals surface area contributed by atoms with Crippen LogP contribution in [0.1, 0.15) is 33.1 Å². The molecule has 0 spiro atoms. The molecule has 0 rings (SSSR count). The number of carboxylic acids is 1. The third kappa shape index (κ3) is 4.78. The van der Waals surface area contributed by atoms with Gasteiger partial charge in [0.15, 0.2) is 0 Å². The highest BCUT2D eigenvalue weighted by Gasteiger charge is 2.30. The van der Waals surface area contributed by atoms with Crippen LogP contribution in [0.3, 0.4) is 0 Å². The normalized spacial score (nSPS) is 11.1. The molecule has 0 bridgehead atoms. The van der Waals surface area contributed by atoms with Crippen molar-refractivity contribution in [2.45, 2.75) is 38.6 Å². The second kappa shape index (κ2) is 6.40. The minimum absolute atomic E-state index is 0.0403. The fourth-order valence-corrected chi connectivity index (χ4v) is 1.47. The van der Waals surface area contributed by atoms with Gasteiger partial charge in [0.25, 0.3) is 0 Å². The van der Waals surface area contributed by atoms with E-state index in [1.807, 2.05) is 13.8 Å². The van der Waals surface area contributed by atoms with Crippen molar-refractivity contribution in [3.8, 4) is 0 Å². The van der Waals surface area contributed by atoms with Crippen molar-refractivity contribution in [2.24, 2.45) is 0 Å². The van der Waals surface area contributed by atoms with Crippen LogP contribution in [0.5, 0.6) is 0 Å². The van der Waals surface area contributed by atoms with Crippen molar-refractivity contribution < 1.29 is 19.4 Å². The zero-order valence-electron chi connectivity index (χ0n) is 9.50. The highest BCUT2D eigenvalue weighted by molar-refractivity contribution is 5.79. The summed E-state index contributed by atoms with van der Waals surface area (Å²) < 4.78 is 4.68. The number of rotatable bonds is 7. The molecule has 2 N–H and O–H groups in total. The molecule has 0 aromatic heterocycles. The molecule has 0 aromatic carbocycles. The first-order chi connectivity index (χ1) is 6.99. The summed E-state index contributed by atoms with van der Waals surface area (Å²) in [6.07, 6.45) is 1.12. The van der Waals surface area contributed by atoms with Gasteiger partial charge in [-0.25, -0.2) is 0 Å². The molecule has 0 atom stereocenters. The maximum absolute atomic E-state index is 11.3. The number of hydrogen-bond acceptors (Lipinski definition) is 3. The van der Waals surface area contributed by atoms with Crippen LogP contribution in [-0.2, 0) is 14.3 Å². The van der Waals surface area contributed by atoms with Crippen LogP contribution in [0.4, 0.5) is 0 Å². The molecule has 0 aliphatic rings. The van der Waals surface area contributed by atoms with Gasteiger partial charge in [-0.1, -0.05) is 13.8 Å². The van der Waals surface area contributed by atoms with Gasteiger partial charge in [-0.05, 0) is 12.8 Å². The molecule has 15 heavy (non-hydrogen) atoms. The zero-order valence-corrected chi connectivity index (χ0v) is 9.50. The van der Waals surface area contributed by atoms with Crippen LogP contribution in [0.25, 0.3) is 0 Å². The van der Waals surface area contributed by atoms with E-state index in [-0.39, 0.29) is 18.9 Å². The van der Waals surface area contributed by atoms with Crippen molar-refractivity contribution in [1.29, 1.82) is 0 Å². The van der Waals surface area contributed by atoms with Gasteiger partial charge in [0.05, 0.1) is 12.0 Å². The fourth-order valence-electron chi connectivity index (χ4n) is 1.47. The predicted octanol–water partition coefficient (Wildman–Crippen LogP) is 0.782. The first kappa shape index (κ1) is 13.9. The topological polar surface area (TPSA) is 75.6 Å². The SMILES string of the molecule is CCC(CC)(CC(=O)O)NC(=O)COC. The van der Waals surface area contributed by atoms with Crippen LogP contribution >= 0.6 is 0 Å². The number of amides is 1. The van der Waals surface area contributed by atoms with E-state index in [1.165, 1.54) is 7.11 Å². The minimum Gasteiger partial charge on any atom is -0.481 e. The maximum atomic E-state index is 11.3. The van der Waals surface area contributed by atoms with Crippen molar-refractivity contribution in [3.05, 3.63) is 0 Å². The lowest BCUT2D eigenvalue weighted by Crippen LogP contribution is -2.50. The lowest BCUT2D eigenvalue weighted by Gasteiger charge is -2.31. The Hall–Kier alpha value is -1.10. The van der Waals surface area contributed by atoms with Crippen molar-refractivity contribution in [2.75, 3.05) is 13.7 Å². The Kier molecular flexibility index (Phi) is 5.93. The average molecular weight is 217 g/mol. The molecule has 0 aliphatic carbocycles. The standard InChI is InChI=1S/C10H19NO4/c1-4-10(5-2,6-9(13)14)11-8(12)7-15-3/h4-7H2,1-3H3,(H,11,12)(H,13,14). The van der Waals surface area contributed by atoms with E-state index in [1.54, 1.807) is 0 Å². The molecule has 0 aliphatic heterocycles. The number of hydrogen-bond donors (Lipinski definition) is 2. The molecule has 0 unspecified atom stereocenters. The first-order valence-electron chi connectivity index (χ1n) is 5.01. The molecule has 0 heterocycles. The summed E-state index contributed by atoms with van der Waals surface area (Å²) in [5, 5.41) is 11.5. The molecule has 5 nitrogen and oxygen atoms in total. The molecule has 88 valence electrons. The minimum atomic E-state index is -0.906. The van der Waals surface area contributed by atoms with Gasteiger partial charge in [-0.3, -0.25) is 9.59 Å². The van der Waals surface area contributed by atoms with E-state index < -0.39 is 11.5 Å². The third-order valence-corrected chi connectivity index (χ3v) is 2.52. The van der Waals surface area contributed by atoms with E-state index in [0.29, 0.717) is 12.8 Å². The average Bonchev–Trinajstić information content (AvgIpc) is 2.16. The van der Waals surface area contributed by atoms with Gasteiger partial charge in [0.1, 0.15) is 6.61 Å². The Bertz CT molecular complexity index is 223. The van der Waals surface area contributed by atoms with Crippen molar-refractivity contribution in [3.63, 3.8) is 0 Å². The molecule has 1 amide bonds. The maximum Gasteiger partial charge on any atom is 0.305 e. The van der Waals surface area contributed by atoms with E-state index in [2.05, 4.69) is 10.1 Å². The fraction of sp³-hybridized carbons (Fsp3) is 0.800. The molecular formula is C10H19NO4. The van der Waals surface area contributed by atoms with Gasteiger partial charge in [0.2, 0.25) is 5.91 Å². The van der Waals surface area contributed by atoms with Gasteiger partial charge in [0, 0.05) is 7.11 Å². The lowest BCUT2D eigenvalue weighted by atomic mass is 9.89. The van der Waals surface area contributed by atoms with Gasteiger partial charge < -0.3 is 15.2 Å². The van der Waals surface area contributed by atoms with Crippen LogP contribution in [0, 0.1) is 0 Å². The van der Waals surface area contributed by atoms with E-state index in [4.69, 9.17) is 5.11 Å². The molecular weight excluding hydrogens is 198 g/mol. The van der Waals surface area contributed by atoms with Gasteiger partial charge in [-0.2, -0.15) is 0 Å². The number of carbonyl (C=O) groups excluding carboxylic acids is 1. The molecule has 0 saturated carbocycles. The second-order valence-electron chi connectivity index (χ2n) is 3.54. The number of carbonyl (C=O) groups is 2. The van der Waals surface area contributed by atoms with Crippen LogP contribution in [0.2, 0.25) is 0 Å². The number of methoxy groups -OCH3 is 1. The quantitative estimate of drug-likeness (QED) is 0.661. The summed E-state index contributed by atoms with van der Waals surface area (Å²) in [5.41, 5.74) is -0.651. The summed E-state index contributed by atoms with van der Waals surface area (Å²) in [6, 6.07) is 0. The summed E-state index contributed by atoms with van der Waals surface area (Å²) in [4.78, 5) is 22.0. The summed E-state index contributed by atoms with van der Waals surface area (Å²) in [6.45, 7) is 3.68. The summed E-state index contributed by atoms with van der Waals surface area (Å²) >= 11 is 0. The van der Waals surface area contributed by atoms with E-state index in [0.717, 1.165) is 0 Å².